The lowest BCUT2D eigenvalue weighted by atomic mass is 10.2. The molecule has 2 N–H and O–H groups in total. The smallest absolute Gasteiger partial charge is 0.289 e. The highest BCUT2D eigenvalue weighted by atomic mass is 32.1. The molecule has 31 heavy (non-hydrogen) atoms. The molecular formula is C22H23N3O5S. The standard InChI is InChI=1S/C22H23N3O5S/c1-4-14-8-10-15(11-9-14)30-12-19(26)24-25-21(27)17-13-31-22(23-17)16-6-5-7-18(28-2)20(16)29-3/h5-11,13H,4,12H2,1-3H3,(H,24,26)(H,25,27). The van der Waals surface area contributed by atoms with Crippen LogP contribution in [0.15, 0.2) is 47.8 Å². The second kappa shape index (κ2) is 10.4. The Bertz CT molecular complexity index is 1050. The van der Waals surface area contributed by atoms with Crippen LogP contribution in [-0.4, -0.2) is 37.6 Å². The van der Waals surface area contributed by atoms with Gasteiger partial charge in [-0.2, -0.15) is 0 Å². The summed E-state index contributed by atoms with van der Waals surface area (Å²) in [4.78, 5) is 28.6. The Balaban J connectivity index is 1.56. The van der Waals surface area contributed by atoms with E-state index in [1.807, 2.05) is 24.3 Å². The fraction of sp³-hybridized carbons (Fsp3) is 0.227. The lowest BCUT2D eigenvalue weighted by Gasteiger charge is -2.10. The number of ether oxygens (including phenoxy) is 3. The van der Waals surface area contributed by atoms with Crippen LogP contribution in [0.1, 0.15) is 23.0 Å². The minimum Gasteiger partial charge on any atom is -0.493 e. The Kier molecular flexibility index (Phi) is 7.45. The Morgan fingerprint density at radius 2 is 1.81 bits per heavy atom. The number of carbonyl (C=O) groups excluding carboxylic acids is 2. The molecule has 1 aromatic heterocycles. The van der Waals surface area contributed by atoms with E-state index in [9.17, 15) is 9.59 Å². The van der Waals surface area contributed by atoms with Crippen LogP contribution in [0, 0.1) is 0 Å². The highest BCUT2D eigenvalue weighted by Crippen LogP contribution is 2.38. The molecule has 0 atom stereocenters. The molecule has 162 valence electrons. The van der Waals surface area contributed by atoms with Gasteiger partial charge in [0.15, 0.2) is 18.1 Å². The molecule has 0 aliphatic heterocycles. The van der Waals surface area contributed by atoms with Gasteiger partial charge >= 0.3 is 0 Å². The lowest BCUT2D eigenvalue weighted by Crippen LogP contribution is -2.43. The molecule has 2 aromatic carbocycles. The molecular weight excluding hydrogens is 418 g/mol. The number of amides is 2. The van der Waals surface area contributed by atoms with Crippen molar-refractivity contribution in [2.45, 2.75) is 13.3 Å². The third kappa shape index (κ3) is 5.52. The number of carbonyl (C=O) groups is 2. The van der Waals surface area contributed by atoms with Crippen molar-refractivity contribution in [3.8, 4) is 27.8 Å². The molecule has 3 rings (SSSR count). The number of nitrogens with one attached hydrogen (secondary N) is 2. The number of nitrogens with zero attached hydrogens (tertiary/aromatic N) is 1. The van der Waals surface area contributed by atoms with E-state index >= 15 is 0 Å². The average Bonchev–Trinajstić information content (AvgIpc) is 3.31. The largest absolute Gasteiger partial charge is 0.493 e. The Morgan fingerprint density at radius 3 is 2.48 bits per heavy atom. The molecule has 0 spiro atoms. The van der Waals surface area contributed by atoms with Crippen molar-refractivity contribution >= 4 is 23.2 Å². The summed E-state index contributed by atoms with van der Waals surface area (Å²) >= 11 is 1.28. The van der Waals surface area contributed by atoms with Gasteiger partial charge < -0.3 is 14.2 Å². The number of methoxy groups -OCH3 is 2. The van der Waals surface area contributed by atoms with Crippen LogP contribution < -0.4 is 25.1 Å². The quantitative estimate of drug-likeness (QED) is 0.521. The van der Waals surface area contributed by atoms with Crippen molar-refractivity contribution in [3.63, 3.8) is 0 Å². The van der Waals surface area contributed by atoms with Gasteiger partial charge in [0, 0.05) is 5.38 Å². The molecule has 0 saturated carbocycles. The predicted octanol–water partition coefficient (Wildman–Crippen LogP) is 3.23. The molecule has 0 aliphatic rings. The van der Waals surface area contributed by atoms with E-state index in [0.717, 1.165) is 6.42 Å². The van der Waals surface area contributed by atoms with Gasteiger partial charge in [-0.15, -0.1) is 11.3 Å². The van der Waals surface area contributed by atoms with E-state index in [4.69, 9.17) is 14.2 Å². The minimum absolute atomic E-state index is 0.168. The molecule has 0 fully saturated rings. The first-order valence-electron chi connectivity index (χ1n) is 9.53. The van der Waals surface area contributed by atoms with Gasteiger partial charge in [-0.05, 0) is 36.2 Å². The molecule has 9 heteroatoms. The molecule has 3 aromatic rings. The summed E-state index contributed by atoms with van der Waals surface area (Å²) in [7, 11) is 3.09. The Morgan fingerprint density at radius 1 is 1.03 bits per heavy atom. The molecule has 2 amide bonds. The summed E-state index contributed by atoms with van der Waals surface area (Å²) in [6.07, 6.45) is 0.926. The van der Waals surface area contributed by atoms with Gasteiger partial charge in [0.05, 0.1) is 19.8 Å². The van der Waals surface area contributed by atoms with Crippen LogP contribution in [0.25, 0.3) is 10.6 Å². The van der Waals surface area contributed by atoms with Crippen molar-refractivity contribution in [1.29, 1.82) is 0 Å². The SMILES string of the molecule is CCc1ccc(OCC(=O)NNC(=O)c2csc(-c3cccc(OC)c3OC)n2)cc1. The highest BCUT2D eigenvalue weighted by Gasteiger charge is 2.17. The van der Waals surface area contributed by atoms with Crippen LogP contribution in [0.4, 0.5) is 0 Å². The summed E-state index contributed by atoms with van der Waals surface area (Å²) in [5.74, 6) is 0.652. The summed E-state index contributed by atoms with van der Waals surface area (Å²) < 4.78 is 16.1. The summed E-state index contributed by atoms with van der Waals surface area (Å²) in [5.41, 5.74) is 6.71. The third-order valence-electron chi connectivity index (χ3n) is 4.39. The van der Waals surface area contributed by atoms with Crippen LogP contribution in [-0.2, 0) is 11.2 Å². The van der Waals surface area contributed by atoms with Gasteiger partial charge in [-0.3, -0.25) is 20.4 Å². The maximum absolute atomic E-state index is 12.3. The number of rotatable bonds is 8. The van der Waals surface area contributed by atoms with Gasteiger partial charge in [-0.1, -0.05) is 25.1 Å². The van der Waals surface area contributed by atoms with Crippen LogP contribution >= 0.6 is 11.3 Å². The normalized spacial score (nSPS) is 10.3. The van der Waals surface area contributed by atoms with E-state index in [0.29, 0.717) is 27.8 Å². The monoisotopic (exact) mass is 441 g/mol. The maximum Gasteiger partial charge on any atom is 0.289 e. The average molecular weight is 442 g/mol. The second-order valence-corrected chi connectivity index (χ2v) is 7.23. The van der Waals surface area contributed by atoms with Gasteiger partial charge in [0.1, 0.15) is 16.5 Å². The molecule has 1 heterocycles. The number of hydrogen-bond donors (Lipinski definition) is 2. The van der Waals surface area contributed by atoms with Gasteiger partial charge in [0.2, 0.25) is 0 Å². The van der Waals surface area contributed by atoms with Crippen LogP contribution in [0.3, 0.4) is 0 Å². The molecule has 0 aliphatic carbocycles. The second-order valence-electron chi connectivity index (χ2n) is 6.37. The van der Waals surface area contributed by atoms with Gasteiger partial charge in [-0.25, -0.2) is 4.98 Å². The highest BCUT2D eigenvalue weighted by molar-refractivity contribution is 7.13. The maximum atomic E-state index is 12.3. The van der Waals surface area contributed by atoms with Crippen molar-refractivity contribution in [2.75, 3.05) is 20.8 Å². The number of para-hydroxylation sites is 1. The summed E-state index contributed by atoms with van der Waals surface area (Å²) in [6, 6.07) is 12.9. The Hall–Kier alpha value is -3.59. The number of aryl methyl sites for hydroxylation is 1. The van der Waals surface area contributed by atoms with Crippen molar-refractivity contribution < 1.29 is 23.8 Å². The lowest BCUT2D eigenvalue weighted by molar-refractivity contribution is -0.123. The van der Waals surface area contributed by atoms with Crippen molar-refractivity contribution in [1.82, 2.24) is 15.8 Å². The van der Waals surface area contributed by atoms with E-state index < -0.39 is 11.8 Å². The fourth-order valence-electron chi connectivity index (χ4n) is 2.75. The van der Waals surface area contributed by atoms with Crippen molar-refractivity contribution in [3.05, 3.63) is 59.1 Å². The third-order valence-corrected chi connectivity index (χ3v) is 5.26. The number of thiazole rings is 1. The van der Waals surface area contributed by atoms with Crippen molar-refractivity contribution in [2.24, 2.45) is 0 Å². The summed E-state index contributed by atoms with van der Waals surface area (Å²) in [6.45, 7) is 1.83. The number of hydrazine groups is 1. The topological polar surface area (TPSA) is 98.8 Å². The van der Waals surface area contributed by atoms with E-state index in [1.54, 1.807) is 37.8 Å². The zero-order chi connectivity index (χ0) is 22.2. The van der Waals surface area contributed by atoms with E-state index in [2.05, 4.69) is 22.8 Å². The zero-order valence-corrected chi connectivity index (χ0v) is 18.2. The molecule has 0 bridgehead atoms. The first-order chi connectivity index (χ1) is 15.0. The van der Waals surface area contributed by atoms with Crippen LogP contribution in [0.2, 0.25) is 0 Å². The molecule has 0 radical (unpaired) electrons. The first kappa shape index (κ1) is 22.1. The fourth-order valence-corrected chi connectivity index (χ4v) is 3.58. The number of hydrogen-bond acceptors (Lipinski definition) is 7. The van der Waals surface area contributed by atoms with Crippen LogP contribution in [0.5, 0.6) is 17.2 Å². The summed E-state index contributed by atoms with van der Waals surface area (Å²) in [5, 5.41) is 2.19. The first-order valence-corrected chi connectivity index (χ1v) is 10.4. The molecule has 0 unspecified atom stereocenters. The van der Waals surface area contributed by atoms with E-state index in [-0.39, 0.29) is 12.3 Å². The Labute approximate surface area is 184 Å². The molecule has 0 saturated heterocycles. The molecule has 8 nitrogen and oxygen atoms in total. The number of aromatic nitrogens is 1. The predicted molar refractivity (Wildman–Crippen MR) is 118 cm³/mol. The van der Waals surface area contributed by atoms with E-state index in [1.165, 1.54) is 16.9 Å². The van der Waals surface area contributed by atoms with Gasteiger partial charge in [0.25, 0.3) is 11.8 Å². The number of benzene rings is 2. The zero-order valence-electron chi connectivity index (χ0n) is 17.4. The minimum atomic E-state index is -0.537.